The van der Waals surface area contributed by atoms with Crippen LogP contribution < -0.4 is 4.90 Å². The summed E-state index contributed by atoms with van der Waals surface area (Å²) in [6.07, 6.45) is -0.674. The third kappa shape index (κ3) is 6.07. The molecule has 1 saturated heterocycles. The number of anilines is 1. The molecule has 1 fully saturated rings. The van der Waals surface area contributed by atoms with Crippen molar-refractivity contribution in [3.8, 4) is 0 Å². The van der Waals surface area contributed by atoms with E-state index in [4.69, 9.17) is 16.3 Å². The lowest BCUT2D eigenvalue weighted by atomic mass is 10.0. The number of hydrogen-bond donors (Lipinski definition) is 0. The van der Waals surface area contributed by atoms with Gasteiger partial charge in [-0.2, -0.15) is 0 Å². The highest BCUT2D eigenvalue weighted by atomic mass is 35.5. The van der Waals surface area contributed by atoms with Crippen LogP contribution in [0.25, 0.3) is 0 Å². The van der Waals surface area contributed by atoms with Crippen LogP contribution in [0.1, 0.15) is 17.7 Å². The fraction of sp³-hybridized carbons (Fsp3) is 0.296. The van der Waals surface area contributed by atoms with Crippen molar-refractivity contribution in [2.24, 2.45) is 5.92 Å². The molecule has 1 aliphatic heterocycles. The Balaban J connectivity index is 1.48. The molecule has 38 heavy (non-hydrogen) atoms. The normalized spacial score (nSPS) is 15.7. The maximum Gasteiger partial charge on any atom is 0.409 e. The van der Waals surface area contributed by atoms with Gasteiger partial charge in [-0.05, 0) is 54.6 Å². The Bertz CT molecular complexity index is 1400. The van der Waals surface area contributed by atoms with Gasteiger partial charge in [0.25, 0.3) is 0 Å². The summed E-state index contributed by atoms with van der Waals surface area (Å²) in [5.74, 6) is -2.98. The van der Waals surface area contributed by atoms with E-state index in [2.05, 4.69) is 0 Å². The van der Waals surface area contributed by atoms with Gasteiger partial charge in [-0.3, -0.25) is 0 Å². The van der Waals surface area contributed by atoms with Crippen LogP contribution in [0.2, 0.25) is 5.02 Å². The molecule has 1 amide bonds. The minimum Gasteiger partial charge on any atom is -0.449 e. The predicted octanol–water partition coefficient (Wildman–Crippen LogP) is 5.87. The number of carbonyl (C=O) groups is 1. The Labute approximate surface area is 224 Å². The van der Waals surface area contributed by atoms with Gasteiger partial charge in [-0.1, -0.05) is 30.7 Å². The maximum absolute atomic E-state index is 14.8. The number of rotatable bonds is 7. The van der Waals surface area contributed by atoms with Crippen LogP contribution in [0.4, 0.5) is 23.7 Å². The first-order valence-corrected chi connectivity index (χ1v) is 13.9. The van der Waals surface area contributed by atoms with Crippen molar-refractivity contribution in [3.05, 3.63) is 94.8 Å². The van der Waals surface area contributed by atoms with Gasteiger partial charge in [-0.15, -0.1) is 0 Å². The van der Waals surface area contributed by atoms with E-state index in [1.165, 1.54) is 42.2 Å². The molecule has 6 nitrogen and oxygen atoms in total. The number of carbonyl (C=O) groups excluding carboxylic acids is 1. The molecule has 0 spiro atoms. The Morgan fingerprint density at radius 1 is 0.947 bits per heavy atom. The van der Waals surface area contributed by atoms with Gasteiger partial charge >= 0.3 is 6.09 Å². The smallest absolute Gasteiger partial charge is 0.409 e. The molecule has 0 N–H and O–H groups in total. The molecule has 4 rings (SSSR count). The molecular formula is C27H26ClF3N2O4S. The Morgan fingerprint density at radius 2 is 1.61 bits per heavy atom. The predicted molar refractivity (Wildman–Crippen MR) is 138 cm³/mol. The number of hydrogen-bond acceptors (Lipinski definition) is 5. The summed E-state index contributed by atoms with van der Waals surface area (Å²) in [4.78, 5) is 15.9. The summed E-state index contributed by atoms with van der Waals surface area (Å²) in [7, 11) is -4.24. The maximum atomic E-state index is 14.8. The standard InChI is InChI=1S/C27H26ClF3N2O4S/c1-18(17-37-27(34)33-14-12-32(13-15-33)25-5-3-2-4-24(25)31)26(22-16-20(29)8-11-23(22)30)38(35,36)21-9-6-19(28)7-10-21/h2-11,16,18,26H,12-15,17H2,1H3/t18-,26+/m1/s1. The Morgan fingerprint density at radius 3 is 2.26 bits per heavy atom. The molecule has 0 unspecified atom stereocenters. The SMILES string of the molecule is C[C@H](COC(=O)N1CCN(c2ccccc2F)CC1)[C@@H](c1cc(F)ccc1F)S(=O)(=O)c1ccc(Cl)cc1. The fourth-order valence-corrected chi connectivity index (χ4v) is 6.64. The third-order valence-corrected chi connectivity index (χ3v) is 9.03. The number of para-hydroxylation sites is 1. The first-order chi connectivity index (χ1) is 18.1. The molecule has 3 aromatic rings. The number of nitrogens with zero attached hydrogens (tertiary/aromatic N) is 2. The molecule has 3 aromatic carbocycles. The largest absolute Gasteiger partial charge is 0.449 e. The highest BCUT2D eigenvalue weighted by Crippen LogP contribution is 2.37. The topological polar surface area (TPSA) is 66.9 Å². The van der Waals surface area contributed by atoms with Crippen LogP contribution in [0.5, 0.6) is 0 Å². The Hall–Kier alpha value is -3.24. The molecule has 11 heteroatoms. The van der Waals surface area contributed by atoms with Gasteiger partial charge in [0.2, 0.25) is 0 Å². The van der Waals surface area contributed by atoms with Crippen molar-refractivity contribution in [2.75, 3.05) is 37.7 Å². The van der Waals surface area contributed by atoms with Crippen LogP contribution in [0.15, 0.2) is 71.6 Å². The second-order valence-corrected chi connectivity index (χ2v) is 11.6. The molecule has 0 saturated carbocycles. The highest BCUT2D eigenvalue weighted by molar-refractivity contribution is 7.91. The van der Waals surface area contributed by atoms with Gasteiger partial charge < -0.3 is 14.5 Å². The van der Waals surface area contributed by atoms with Gasteiger partial charge in [0.15, 0.2) is 9.84 Å². The molecule has 202 valence electrons. The molecule has 0 aromatic heterocycles. The van der Waals surface area contributed by atoms with Crippen molar-refractivity contribution in [3.63, 3.8) is 0 Å². The first-order valence-electron chi connectivity index (χ1n) is 11.9. The average Bonchev–Trinajstić information content (AvgIpc) is 2.90. The van der Waals surface area contributed by atoms with E-state index < -0.39 is 38.7 Å². The Kier molecular flexibility index (Phi) is 8.52. The highest BCUT2D eigenvalue weighted by Gasteiger charge is 2.37. The number of amides is 1. The molecular weight excluding hydrogens is 541 g/mol. The molecule has 0 radical (unpaired) electrons. The van der Waals surface area contributed by atoms with Crippen molar-refractivity contribution < 1.29 is 31.1 Å². The zero-order chi connectivity index (χ0) is 27.4. The van der Waals surface area contributed by atoms with Crippen LogP contribution in [0, 0.1) is 23.4 Å². The third-order valence-electron chi connectivity index (χ3n) is 6.46. The monoisotopic (exact) mass is 566 g/mol. The zero-order valence-electron chi connectivity index (χ0n) is 20.5. The van der Waals surface area contributed by atoms with Gasteiger partial charge in [0.1, 0.15) is 17.5 Å². The average molecular weight is 567 g/mol. The van der Waals surface area contributed by atoms with Crippen LogP contribution in [-0.2, 0) is 14.6 Å². The summed E-state index contributed by atoms with van der Waals surface area (Å²) in [6.45, 7) is 2.44. The van der Waals surface area contributed by atoms with E-state index in [0.717, 1.165) is 18.2 Å². The van der Waals surface area contributed by atoms with Crippen LogP contribution in [-0.4, -0.2) is 52.2 Å². The lowest BCUT2D eigenvalue weighted by Crippen LogP contribution is -2.49. The van der Waals surface area contributed by atoms with Crippen LogP contribution >= 0.6 is 11.6 Å². The van der Waals surface area contributed by atoms with E-state index >= 15 is 0 Å². The molecule has 1 heterocycles. The summed E-state index contributed by atoms with van der Waals surface area (Å²) in [5.41, 5.74) is 0.0866. The van der Waals surface area contributed by atoms with Crippen molar-refractivity contribution in [1.29, 1.82) is 0 Å². The van der Waals surface area contributed by atoms with Crippen molar-refractivity contribution in [1.82, 2.24) is 4.90 Å². The number of ether oxygens (including phenoxy) is 1. The van der Waals surface area contributed by atoms with Gasteiger partial charge in [0, 0.05) is 42.7 Å². The number of benzene rings is 3. The molecule has 0 bridgehead atoms. The minimum atomic E-state index is -4.24. The quantitative estimate of drug-likeness (QED) is 0.358. The second-order valence-electron chi connectivity index (χ2n) is 9.07. The van der Waals surface area contributed by atoms with E-state index in [1.807, 2.05) is 4.90 Å². The van der Waals surface area contributed by atoms with Gasteiger partial charge in [-0.25, -0.2) is 26.4 Å². The van der Waals surface area contributed by atoms with Crippen molar-refractivity contribution in [2.45, 2.75) is 17.1 Å². The fourth-order valence-electron chi connectivity index (χ4n) is 4.50. The lowest BCUT2D eigenvalue weighted by molar-refractivity contribution is 0.0869. The molecule has 2 atom stereocenters. The second kappa shape index (κ2) is 11.7. The van der Waals surface area contributed by atoms with E-state index in [1.54, 1.807) is 18.2 Å². The van der Waals surface area contributed by atoms with E-state index in [-0.39, 0.29) is 36.0 Å². The molecule has 1 aliphatic rings. The summed E-state index contributed by atoms with van der Waals surface area (Å²) in [6, 6.07) is 14.3. The van der Waals surface area contributed by atoms with Gasteiger partial charge in [0.05, 0.1) is 22.4 Å². The minimum absolute atomic E-state index is 0.127. The number of piperazine rings is 1. The first kappa shape index (κ1) is 27.8. The van der Waals surface area contributed by atoms with Crippen LogP contribution in [0.3, 0.4) is 0 Å². The van der Waals surface area contributed by atoms with E-state index in [0.29, 0.717) is 23.8 Å². The summed E-state index contributed by atoms with van der Waals surface area (Å²) in [5, 5.41) is -1.22. The zero-order valence-corrected chi connectivity index (χ0v) is 22.1. The number of sulfone groups is 1. The van der Waals surface area contributed by atoms with Crippen molar-refractivity contribution >= 4 is 33.2 Å². The lowest BCUT2D eigenvalue weighted by Gasteiger charge is -2.36. The number of halogens is 4. The molecule has 0 aliphatic carbocycles. The summed E-state index contributed by atoms with van der Waals surface area (Å²) >= 11 is 5.89. The summed E-state index contributed by atoms with van der Waals surface area (Å²) < 4.78 is 75.5. The van der Waals surface area contributed by atoms with E-state index in [9.17, 15) is 26.4 Å².